The first-order chi connectivity index (χ1) is 22.1. The van der Waals surface area contributed by atoms with Gasteiger partial charge in [-0.25, -0.2) is 5.84 Å². The number of benzene rings is 2. The van der Waals surface area contributed by atoms with Crippen molar-refractivity contribution in [3.05, 3.63) is 118 Å². The summed E-state index contributed by atoms with van der Waals surface area (Å²) in [5, 5.41) is 1.84. The average Bonchev–Trinajstić information content (AvgIpc) is 3.84. The molecule has 2 aliphatic heterocycles. The van der Waals surface area contributed by atoms with Crippen LogP contribution in [0.5, 0.6) is 0 Å². The molecule has 4 aliphatic rings. The van der Waals surface area contributed by atoms with E-state index in [2.05, 4.69) is 124 Å². The van der Waals surface area contributed by atoms with Crippen molar-refractivity contribution in [3.63, 3.8) is 0 Å². The molecule has 5 heteroatoms. The largest absolute Gasteiger partial charge is 0.401 e. The maximum absolute atomic E-state index is 6.96. The zero-order valence-corrected chi connectivity index (χ0v) is 29.0. The van der Waals surface area contributed by atoms with Gasteiger partial charge >= 0.3 is 0 Å². The van der Waals surface area contributed by atoms with Crippen LogP contribution in [0.3, 0.4) is 0 Å². The molecule has 0 spiro atoms. The Hall–Kier alpha value is -3.70. The van der Waals surface area contributed by atoms with Crippen molar-refractivity contribution in [3.8, 4) is 0 Å². The Morgan fingerprint density at radius 1 is 0.891 bits per heavy atom. The number of rotatable bonds is 10. The van der Waals surface area contributed by atoms with E-state index in [0.717, 1.165) is 69.4 Å². The summed E-state index contributed by atoms with van der Waals surface area (Å²) in [6.07, 6.45) is 19.2. The van der Waals surface area contributed by atoms with Crippen LogP contribution in [0.25, 0.3) is 0 Å². The first kappa shape index (κ1) is 32.2. The molecule has 4 N–H and O–H groups in total. The van der Waals surface area contributed by atoms with Gasteiger partial charge in [-0.15, -0.1) is 0 Å². The van der Waals surface area contributed by atoms with Crippen molar-refractivity contribution >= 4 is 11.4 Å². The van der Waals surface area contributed by atoms with Crippen LogP contribution in [0.4, 0.5) is 11.4 Å². The quantitative estimate of drug-likeness (QED) is 0.206. The van der Waals surface area contributed by atoms with Gasteiger partial charge in [0.2, 0.25) is 0 Å². The fourth-order valence-electron chi connectivity index (χ4n) is 8.12. The molecular formula is C41H55N5. The normalized spacial score (nSPS) is 24.0. The van der Waals surface area contributed by atoms with Gasteiger partial charge in [0.25, 0.3) is 0 Å². The molecule has 0 amide bonds. The van der Waals surface area contributed by atoms with Gasteiger partial charge in [-0.3, -0.25) is 5.01 Å². The summed E-state index contributed by atoms with van der Waals surface area (Å²) in [7, 11) is 0. The number of hydrogen-bond donors (Lipinski definition) is 2. The molecule has 2 aromatic rings. The zero-order chi connectivity index (χ0) is 32.6. The molecule has 0 aromatic heterocycles. The lowest BCUT2D eigenvalue weighted by atomic mass is 9.80. The van der Waals surface area contributed by atoms with Crippen molar-refractivity contribution < 1.29 is 0 Å². The minimum atomic E-state index is -0.0748. The molecule has 6 rings (SSSR count). The van der Waals surface area contributed by atoms with Crippen molar-refractivity contribution in [2.75, 3.05) is 22.9 Å². The fraction of sp³-hybridized carbons (Fsp3) is 0.463. The van der Waals surface area contributed by atoms with E-state index in [1.54, 1.807) is 0 Å². The summed E-state index contributed by atoms with van der Waals surface area (Å²) >= 11 is 0. The second-order valence-corrected chi connectivity index (χ2v) is 14.8. The minimum absolute atomic E-state index is 0.00520. The summed E-state index contributed by atoms with van der Waals surface area (Å²) in [6.45, 7) is 16.1. The van der Waals surface area contributed by atoms with Gasteiger partial charge in [0.1, 0.15) is 0 Å². The Morgan fingerprint density at radius 2 is 1.57 bits per heavy atom. The Morgan fingerprint density at radius 3 is 2.26 bits per heavy atom. The lowest BCUT2D eigenvalue weighted by molar-refractivity contribution is 0.467. The molecule has 2 aromatic carbocycles. The van der Waals surface area contributed by atoms with Crippen LogP contribution in [0.15, 0.2) is 107 Å². The van der Waals surface area contributed by atoms with Gasteiger partial charge in [0, 0.05) is 58.8 Å². The molecule has 1 atom stereocenters. The Labute approximate surface area is 278 Å². The number of fused-ring (bicyclic) bond motifs is 2. The zero-order valence-electron chi connectivity index (χ0n) is 29.0. The molecule has 46 heavy (non-hydrogen) atoms. The minimum Gasteiger partial charge on any atom is -0.401 e. The van der Waals surface area contributed by atoms with Gasteiger partial charge in [-0.05, 0) is 85.4 Å². The number of nitrogens with zero attached hydrogens (tertiary/aromatic N) is 3. The molecule has 0 radical (unpaired) electrons. The molecule has 2 aliphatic carbocycles. The van der Waals surface area contributed by atoms with Crippen molar-refractivity contribution in [1.29, 1.82) is 0 Å². The van der Waals surface area contributed by atoms with E-state index >= 15 is 0 Å². The van der Waals surface area contributed by atoms with Gasteiger partial charge in [-0.2, -0.15) is 0 Å². The molecule has 1 fully saturated rings. The van der Waals surface area contributed by atoms with Crippen LogP contribution in [-0.2, 0) is 10.8 Å². The van der Waals surface area contributed by atoms with E-state index in [1.165, 1.54) is 39.3 Å². The summed E-state index contributed by atoms with van der Waals surface area (Å²) in [5.41, 5.74) is 17.9. The Balaban J connectivity index is 1.42. The monoisotopic (exact) mass is 617 g/mol. The van der Waals surface area contributed by atoms with Gasteiger partial charge in [0.05, 0.1) is 11.7 Å². The second-order valence-electron chi connectivity index (χ2n) is 14.8. The van der Waals surface area contributed by atoms with Crippen LogP contribution in [0, 0.1) is 5.92 Å². The summed E-state index contributed by atoms with van der Waals surface area (Å²) < 4.78 is 0. The predicted molar refractivity (Wildman–Crippen MR) is 195 cm³/mol. The third kappa shape index (κ3) is 5.83. The highest BCUT2D eigenvalue weighted by Gasteiger charge is 2.43. The van der Waals surface area contributed by atoms with E-state index in [0.29, 0.717) is 5.92 Å². The van der Waals surface area contributed by atoms with Crippen molar-refractivity contribution in [2.45, 2.75) is 103 Å². The van der Waals surface area contributed by atoms with Gasteiger partial charge in [-0.1, -0.05) is 96.2 Å². The molecule has 1 unspecified atom stereocenters. The third-order valence-electron chi connectivity index (χ3n) is 10.7. The highest BCUT2D eigenvalue weighted by Crippen LogP contribution is 2.48. The van der Waals surface area contributed by atoms with E-state index in [1.807, 2.05) is 11.2 Å². The maximum Gasteiger partial charge on any atom is 0.0632 e. The third-order valence-corrected chi connectivity index (χ3v) is 10.7. The van der Waals surface area contributed by atoms with Gasteiger partial charge in [0.15, 0.2) is 0 Å². The highest BCUT2D eigenvalue weighted by atomic mass is 15.4. The Kier molecular flexibility index (Phi) is 9.00. The molecule has 244 valence electrons. The first-order valence-corrected chi connectivity index (χ1v) is 17.7. The number of nitrogens with two attached hydrogens (primary N) is 2. The SMILES string of the molecule is CCCN1/C(=C/C=C2\CCCC(/C=C/C3N(CCC)c4ccccc4C3(C)C)=C2N(N)/C=C(\N)C2CC2)C(C)(C)c2ccccc21. The van der Waals surface area contributed by atoms with Crippen molar-refractivity contribution in [2.24, 2.45) is 17.5 Å². The number of hydrazine groups is 1. The molecule has 2 heterocycles. The Bertz CT molecular complexity index is 1600. The van der Waals surface area contributed by atoms with E-state index in [-0.39, 0.29) is 16.9 Å². The number of anilines is 2. The lowest BCUT2D eigenvalue weighted by Gasteiger charge is -2.33. The topological polar surface area (TPSA) is 61.8 Å². The van der Waals surface area contributed by atoms with E-state index < -0.39 is 0 Å². The smallest absolute Gasteiger partial charge is 0.0632 e. The van der Waals surface area contributed by atoms with Crippen LogP contribution in [-0.4, -0.2) is 24.1 Å². The molecule has 5 nitrogen and oxygen atoms in total. The lowest BCUT2D eigenvalue weighted by Crippen LogP contribution is -2.40. The molecular weight excluding hydrogens is 562 g/mol. The summed E-state index contributed by atoms with van der Waals surface area (Å²) in [5.74, 6) is 7.42. The highest BCUT2D eigenvalue weighted by molar-refractivity contribution is 5.71. The van der Waals surface area contributed by atoms with Crippen LogP contribution >= 0.6 is 0 Å². The molecule has 0 saturated heterocycles. The molecule has 1 saturated carbocycles. The first-order valence-electron chi connectivity index (χ1n) is 17.7. The standard InChI is InChI=1S/C41H55N5/c1-7-26-44-35-18-11-9-16-32(35)40(3,4)37(44)24-22-30-14-13-15-31(39(30)46(43)28-34(42)29-20-21-29)23-25-38-41(5,6)33-17-10-12-19-36(33)45(38)27-8-2/h9-12,16-19,22-25,28-29,37H,7-8,13-15,20-21,26-27,42-43H2,1-6H3/b24-22+,31-23+,34-28-,38-25+. The average molecular weight is 618 g/mol. The number of hydrogen-bond acceptors (Lipinski definition) is 5. The van der Waals surface area contributed by atoms with Gasteiger partial charge < -0.3 is 15.5 Å². The fourth-order valence-corrected chi connectivity index (χ4v) is 8.12. The number of allylic oxidation sites excluding steroid dienone is 7. The molecule has 0 bridgehead atoms. The van der Waals surface area contributed by atoms with E-state index in [4.69, 9.17) is 11.6 Å². The summed E-state index contributed by atoms with van der Waals surface area (Å²) in [4.78, 5) is 5.12. The van der Waals surface area contributed by atoms with E-state index in [9.17, 15) is 0 Å². The van der Waals surface area contributed by atoms with Crippen LogP contribution < -0.4 is 21.4 Å². The second kappa shape index (κ2) is 12.8. The number of para-hydroxylation sites is 2. The predicted octanol–water partition coefficient (Wildman–Crippen LogP) is 8.96. The van der Waals surface area contributed by atoms with Crippen molar-refractivity contribution in [1.82, 2.24) is 5.01 Å². The maximum atomic E-state index is 6.96. The van der Waals surface area contributed by atoms with Crippen LogP contribution in [0.2, 0.25) is 0 Å². The summed E-state index contributed by atoms with van der Waals surface area (Å²) in [6, 6.07) is 18.1. The van der Waals surface area contributed by atoms with Crippen LogP contribution in [0.1, 0.15) is 97.6 Å².